The number of allylic oxidation sites excluding steroid dienone is 1. The number of hydrogen-bond donors (Lipinski definition) is 0. The molecule has 28 heavy (non-hydrogen) atoms. The maximum absolute atomic E-state index is 11.0. The van der Waals surface area contributed by atoms with E-state index in [0.29, 0.717) is 16.9 Å². The molecule has 0 N–H and O–H groups in total. The van der Waals surface area contributed by atoms with Gasteiger partial charge in [-0.1, -0.05) is 23.7 Å². The highest BCUT2D eigenvalue weighted by molar-refractivity contribution is 6.33. The van der Waals surface area contributed by atoms with Gasteiger partial charge in [-0.15, -0.1) is 0 Å². The summed E-state index contributed by atoms with van der Waals surface area (Å²) < 4.78 is 5.65. The van der Waals surface area contributed by atoms with E-state index < -0.39 is 9.85 Å². The highest BCUT2D eigenvalue weighted by atomic mass is 35.5. The molecule has 3 rings (SSSR count). The fourth-order valence-corrected chi connectivity index (χ4v) is 2.71. The first-order chi connectivity index (χ1) is 13.4. The van der Waals surface area contributed by atoms with Crippen molar-refractivity contribution >= 4 is 34.6 Å². The van der Waals surface area contributed by atoms with Gasteiger partial charge in [0.05, 0.1) is 26.5 Å². The molecule has 0 spiro atoms. The van der Waals surface area contributed by atoms with Crippen LogP contribution in [0.25, 0.3) is 23.0 Å². The third-order valence-electron chi connectivity index (χ3n) is 3.83. The van der Waals surface area contributed by atoms with Crippen LogP contribution in [0.1, 0.15) is 11.3 Å². The summed E-state index contributed by atoms with van der Waals surface area (Å²) in [6, 6.07) is 14.8. The quantitative estimate of drug-likeness (QED) is 0.320. The normalized spacial score (nSPS) is 11.1. The van der Waals surface area contributed by atoms with E-state index in [9.17, 15) is 25.5 Å². The Labute approximate surface area is 163 Å². The molecule has 0 saturated heterocycles. The van der Waals surface area contributed by atoms with Gasteiger partial charge in [0.1, 0.15) is 11.5 Å². The number of rotatable bonds is 5. The highest BCUT2D eigenvalue weighted by Crippen LogP contribution is 2.33. The third kappa shape index (κ3) is 3.90. The number of benzene rings is 2. The molecule has 0 aliphatic rings. The summed E-state index contributed by atoms with van der Waals surface area (Å²) in [5, 5.41) is 31.6. The van der Waals surface area contributed by atoms with E-state index in [-0.39, 0.29) is 27.7 Å². The smallest absolute Gasteiger partial charge is 0.270 e. The van der Waals surface area contributed by atoms with Crippen LogP contribution < -0.4 is 0 Å². The van der Waals surface area contributed by atoms with Gasteiger partial charge in [0.15, 0.2) is 0 Å². The van der Waals surface area contributed by atoms with E-state index in [0.717, 1.165) is 0 Å². The second kappa shape index (κ2) is 7.73. The zero-order valence-electron chi connectivity index (χ0n) is 14.0. The molecule has 3 aromatic rings. The molecule has 8 nitrogen and oxygen atoms in total. The first kappa shape index (κ1) is 18.8. The Hall–Kier alpha value is -3.96. The Morgan fingerprint density at radius 2 is 1.75 bits per heavy atom. The first-order valence-electron chi connectivity index (χ1n) is 7.80. The van der Waals surface area contributed by atoms with Crippen LogP contribution in [-0.4, -0.2) is 9.85 Å². The topological polar surface area (TPSA) is 123 Å². The molecule has 2 aromatic carbocycles. The van der Waals surface area contributed by atoms with Gasteiger partial charge in [-0.3, -0.25) is 20.2 Å². The molecular weight excluding hydrogens is 386 g/mol. The molecule has 0 unspecified atom stereocenters. The fourth-order valence-electron chi connectivity index (χ4n) is 2.50. The van der Waals surface area contributed by atoms with Crippen LogP contribution in [0.5, 0.6) is 0 Å². The predicted molar refractivity (Wildman–Crippen MR) is 102 cm³/mol. The van der Waals surface area contributed by atoms with Crippen molar-refractivity contribution in [2.75, 3.05) is 0 Å². The number of hydrogen-bond acceptors (Lipinski definition) is 6. The predicted octanol–water partition coefficient (Wildman–Crippen LogP) is 5.48. The first-order valence-corrected chi connectivity index (χ1v) is 8.17. The Kier molecular flexibility index (Phi) is 5.20. The van der Waals surface area contributed by atoms with Crippen molar-refractivity contribution in [2.45, 2.75) is 0 Å². The summed E-state index contributed by atoms with van der Waals surface area (Å²) in [6.45, 7) is 0. The monoisotopic (exact) mass is 395 g/mol. The van der Waals surface area contributed by atoms with Crippen molar-refractivity contribution in [3.63, 3.8) is 0 Å². The van der Waals surface area contributed by atoms with E-state index in [1.54, 1.807) is 18.2 Å². The summed E-state index contributed by atoms with van der Waals surface area (Å²) in [4.78, 5) is 20.8. The van der Waals surface area contributed by atoms with Gasteiger partial charge in [0.2, 0.25) is 0 Å². The Bertz CT molecular complexity index is 1160. The number of furan rings is 1. The molecule has 0 atom stereocenters. The average Bonchev–Trinajstić information content (AvgIpc) is 3.14. The second-order valence-electron chi connectivity index (χ2n) is 5.60. The standard InChI is InChI=1S/C19H10ClN3O5/c20-18-6-4-15(23(26)27)10-17(18)19-7-5-16(28-19)9-13(11-21)12-2-1-3-14(8-12)22(24)25/h1-10H. The number of non-ortho nitro benzene ring substituents is 2. The molecule has 0 saturated carbocycles. The lowest BCUT2D eigenvalue weighted by atomic mass is 10.1. The van der Waals surface area contributed by atoms with Crippen molar-refractivity contribution in [1.29, 1.82) is 5.26 Å². The molecule has 1 heterocycles. The van der Waals surface area contributed by atoms with Crippen LogP contribution in [-0.2, 0) is 0 Å². The molecule has 0 aliphatic carbocycles. The summed E-state index contributed by atoms with van der Waals surface area (Å²) in [7, 11) is 0. The third-order valence-corrected chi connectivity index (χ3v) is 4.16. The van der Waals surface area contributed by atoms with Crippen LogP contribution in [0.15, 0.2) is 59.0 Å². The number of nitro groups is 2. The molecule has 9 heteroatoms. The minimum Gasteiger partial charge on any atom is -0.457 e. The van der Waals surface area contributed by atoms with Crippen molar-refractivity contribution in [2.24, 2.45) is 0 Å². The molecule has 0 bridgehead atoms. The zero-order valence-corrected chi connectivity index (χ0v) is 14.8. The largest absolute Gasteiger partial charge is 0.457 e. The Morgan fingerprint density at radius 1 is 1.04 bits per heavy atom. The molecule has 0 radical (unpaired) electrons. The van der Waals surface area contributed by atoms with E-state index in [4.69, 9.17) is 16.0 Å². The molecular formula is C19H10ClN3O5. The van der Waals surface area contributed by atoms with E-state index in [1.165, 1.54) is 42.5 Å². The van der Waals surface area contributed by atoms with Crippen molar-refractivity contribution in [3.8, 4) is 17.4 Å². The van der Waals surface area contributed by atoms with Crippen molar-refractivity contribution in [1.82, 2.24) is 0 Å². The second-order valence-corrected chi connectivity index (χ2v) is 6.01. The van der Waals surface area contributed by atoms with Crippen molar-refractivity contribution in [3.05, 3.63) is 91.2 Å². The summed E-state index contributed by atoms with van der Waals surface area (Å²) in [5.74, 6) is 0.580. The Balaban J connectivity index is 1.99. The van der Waals surface area contributed by atoms with Crippen LogP contribution in [0, 0.1) is 31.6 Å². The minimum absolute atomic E-state index is 0.137. The van der Waals surface area contributed by atoms with Gasteiger partial charge in [0.25, 0.3) is 11.4 Å². The lowest BCUT2D eigenvalue weighted by molar-refractivity contribution is -0.385. The van der Waals surface area contributed by atoms with Crippen LogP contribution >= 0.6 is 11.6 Å². The van der Waals surface area contributed by atoms with E-state index in [2.05, 4.69) is 0 Å². The maximum atomic E-state index is 11.0. The lowest BCUT2D eigenvalue weighted by Gasteiger charge is -2.01. The SMILES string of the molecule is N#CC(=Cc1ccc(-c2cc([N+](=O)[O-])ccc2Cl)o1)c1cccc([N+](=O)[O-])c1. The minimum atomic E-state index is -0.548. The molecule has 0 fully saturated rings. The van der Waals surface area contributed by atoms with Crippen molar-refractivity contribution < 1.29 is 14.3 Å². The maximum Gasteiger partial charge on any atom is 0.270 e. The van der Waals surface area contributed by atoms with Crippen LogP contribution in [0.4, 0.5) is 11.4 Å². The lowest BCUT2D eigenvalue weighted by Crippen LogP contribution is -1.89. The van der Waals surface area contributed by atoms with E-state index in [1.807, 2.05) is 6.07 Å². The van der Waals surface area contributed by atoms with Gasteiger partial charge in [-0.2, -0.15) is 5.26 Å². The van der Waals surface area contributed by atoms with Gasteiger partial charge < -0.3 is 4.42 Å². The highest BCUT2D eigenvalue weighted by Gasteiger charge is 2.15. The number of nitrogens with zero attached hydrogens (tertiary/aromatic N) is 3. The van der Waals surface area contributed by atoms with Gasteiger partial charge >= 0.3 is 0 Å². The van der Waals surface area contributed by atoms with Gasteiger partial charge in [-0.25, -0.2) is 0 Å². The number of nitro benzene ring substituents is 2. The summed E-state index contributed by atoms with van der Waals surface area (Å²) in [6.07, 6.45) is 1.42. The van der Waals surface area contributed by atoms with Crippen LogP contribution in [0.2, 0.25) is 5.02 Å². The number of nitriles is 1. The summed E-state index contributed by atoms with van der Waals surface area (Å²) in [5.41, 5.74) is 0.589. The average molecular weight is 396 g/mol. The molecule has 0 amide bonds. The molecule has 0 aliphatic heterocycles. The van der Waals surface area contributed by atoms with E-state index >= 15 is 0 Å². The zero-order chi connectivity index (χ0) is 20.3. The number of halogens is 1. The van der Waals surface area contributed by atoms with Crippen LogP contribution in [0.3, 0.4) is 0 Å². The van der Waals surface area contributed by atoms with Gasteiger partial charge in [-0.05, 0) is 29.8 Å². The summed E-state index contributed by atoms with van der Waals surface area (Å²) >= 11 is 6.11. The molecule has 1 aromatic heterocycles. The fraction of sp³-hybridized carbons (Fsp3) is 0. The van der Waals surface area contributed by atoms with Gasteiger partial charge in [0, 0.05) is 29.8 Å². The molecule has 138 valence electrons. The Morgan fingerprint density at radius 3 is 2.43 bits per heavy atom.